The van der Waals surface area contributed by atoms with Crippen LogP contribution in [0.4, 0.5) is 5.69 Å². The van der Waals surface area contributed by atoms with Crippen molar-refractivity contribution >= 4 is 21.6 Å². The lowest BCUT2D eigenvalue weighted by molar-refractivity contribution is -0.120. The number of nitrogens with one attached hydrogen (secondary N) is 1. The molecule has 2 aromatic carbocycles. The second kappa shape index (κ2) is 6.24. The molecule has 0 aromatic heterocycles. The molecule has 0 unspecified atom stereocenters. The number of fused-ring (bicyclic) bond motifs is 2. The van der Waals surface area contributed by atoms with Crippen molar-refractivity contribution in [3.05, 3.63) is 48.0 Å². The number of methoxy groups -OCH3 is 2. The minimum absolute atomic E-state index is 0.0958. The normalized spacial score (nSPS) is 21.9. The van der Waals surface area contributed by atoms with Crippen LogP contribution in [0.15, 0.2) is 47.4 Å². The number of hydrogen-bond acceptors (Lipinski definition) is 5. The topological polar surface area (TPSA) is 84.9 Å². The molecule has 2 heterocycles. The van der Waals surface area contributed by atoms with Gasteiger partial charge in [0, 0.05) is 24.8 Å². The Morgan fingerprint density at radius 1 is 1.07 bits per heavy atom. The van der Waals surface area contributed by atoms with E-state index in [9.17, 15) is 13.2 Å². The molecule has 0 aliphatic carbocycles. The molecule has 1 saturated heterocycles. The monoisotopic (exact) mass is 388 g/mol. The number of benzene rings is 2. The quantitative estimate of drug-likeness (QED) is 0.866. The second-order valence-electron chi connectivity index (χ2n) is 6.72. The van der Waals surface area contributed by atoms with Gasteiger partial charge in [0.2, 0.25) is 15.9 Å². The van der Waals surface area contributed by atoms with Crippen molar-refractivity contribution in [1.82, 2.24) is 4.31 Å². The number of ether oxygens (including phenoxy) is 2. The van der Waals surface area contributed by atoms with Gasteiger partial charge in [0.05, 0.1) is 24.5 Å². The van der Waals surface area contributed by atoms with E-state index in [0.717, 1.165) is 5.56 Å². The van der Waals surface area contributed by atoms with Crippen LogP contribution in [0.2, 0.25) is 0 Å². The van der Waals surface area contributed by atoms with Gasteiger partial charge >= 0.3 is 0 Å². The molecule has 0 radical (unpaired) electrons. The highest BCUT2D eigenvalue weighted by molar-refractivity contribution is 7.89. The SMILES string of the molecule is COc1cccc(S(=O)(=O)N2CC[C@@]3(C2)C(=O)Nc2ccc(OC)cc23)c1. The third kappa shape index (κ3) is 2.67. The van der Waals surface area contributed by atoms with Gasteiger partial charge < -0.3 is 14.8 Å². The van der Waals surface area contributed by atoms with E-state index >= 15 is 0 Å². The van der Waals surface area contributed by atoms with Crippen LogP contribution in [0.1, 0.15) is 12.0 Å². The second-order valence-corrected chi connectivity index (χ2v) is 8.65. The first kappa shape index (κ1) is 17.8. The minimum atomic E-state index is -3.73. The summed E-state index contributed by atoms with van der Waals surface area (Å²) in [7, 11) is -0.682. The standard InChI is InChI=1S/C19H20N2O5S/c1-25-13-4-3-5-15(10-13)27(23,24)21-9-8-19(12-21)16-11-14(26-2)6-7-17(16)20-18(19)22/h3-7,10-11H,8-9,12H2,1-2H3,(H,20,22)/t19-/m0/s1. The smallest absolute Gasteiger partial charge is 0.243 e. The van der Waals surface area contributed by atoms with Crippen LogP contribution < -0.4 is 14.8 Å². The molecule has 1 spiro atoms. The van der Waals surface area contributed by atoms with Crippen molar-refractivity contribution in [2.45, 2.75) is 16.7 Å². The fraction of sp³-hybridized carbons (Fsp3) is 0.316. The molecule has 0 saturated carbocycles. The Balaban J connectivity index is 1.70. The Bertz CT molecular complexity index is 1020. The number of sulfonamides is 1. The first-order valence-corrected chi connectivity index (χ1v) is 9.99. The van der Waals surface area contributed by atoms with Gasteiger partial charge in [-0.25, -0.2) is 8.42 Å². The Hall–Kier alpha value is -2.58. The van der Waals surface area contributed by atoms with Gasteiger partial charge in [0.1, 0.15) is 11.5 Å². The molecule has 1 amide bonds. The van der Waals surface area contributed by atoms with Crippen LogP contribution >= 0.6 is 0 Å². The van der Waals surface area contributed by atoms with Gasteiger partial charge in [-0.3, -0.25) is 4.79 Å². The fourth-order valence-corrected chi connectivity index (χ4v) is 5.35. The Labute approximate surface area is 157 Å². The Morgan fingerprint density at radius 2 is 1.81 bits per heavy atom. The minimum Gasteiger partial charge on any atom is -0.497 e. The van der Waals surface area contributed by atoms with Crippen LogP contribution in [-0.4, -0.2) is 45.9 Å². The van der Waals surface area contributed by atoms with E-state index in [1.54, 1.807) is 31.4 Å². The van der Waals surface area contributed by atoms with Crippen molar-refractivity contribution in [3.8, 4) is 11.5 Å². The predicted octanol–water partition coefficient (Wildman–Crippen LogP) is 1.99. The van der Waals surface area contributed by atoms with Crippen LogP contribution in [0.25, 0.3) is 0 Å². The van der Waals surface area contributed by atoms with Crippen LogP contribution in [-0.2, 0) is 20.2 Å². The molecule has 8 heteroatoms. The summed E-state index contributed by atoms with van der Waals surface area (Å²) in [5, 5.41) is 2.88. The lowest BCUT2D eigenvalue weighted by Crippen LogP contribution is -2.39. The van der Waals surface area contributed by atoms with E-state index in [-0.39, 0.29) is 23.9 Å². The summed E-state index contributed by atoms with van der Waals surface area (Å²) in [5.41, 5.74) is 0.604. The molecule has 142 valence electrons. The fourth-order valence-electron chi connectivity index (χ4n) is 3.82. The summed E-state index contributed by atoms with van der Waals surface area (Å²) >= 11 is 0. The summed E-state index contributed by atoms with van der Waals surface area (Å²) in [6.07, 6.45) is 0.419. The molecule has 7 nitrogen and oxygen atoms in total. The Morgan fingerprint density at radius 3 is 2.56 bits per heavy atom. The van der Waals surface area contributed by atoms with Crippen LogP contribution in [0.3, 0.4) is 0 Å². The molecule has 1 fully saturated rings. The highest BCUT2D eigenvalue weighted by atomic mass is 32.2. The molecule has 4 rings (SSSR count). The lowest BCUT2D eigenvalue weighted by atomic mass is 9.81. The molecular formula is C19H20N2O5S. The third-order valence-electron chi connectivity index (χ3n) is 5.34. The Kier molecular flexibility index (Phi) is 4.12. The van der Waals surface area contributed by atoms with E-state index in [1.165, 1.54) is 23.5 Å². The first-order chi connectivity index (χ1) is 12.9. The van der Waals surface area contributed by atoms with Gasteiger partial charge in [0.25, 0.3) is 0 Å². The number of carbonyl (C=O) groups excluding carboxylic acids is 1. The summed E-state index contributed by atoms with van der Waals surface area (Å²) in [4.78, 5) is 12.9. The number of nitrogens with zero attached hydrogens (tertiary/aromatic N) is 1. The molecule has 1 N–H and O–H groups in total. The van der Waals surface area contributed by atoms with Gasteiger partial charge in [-0.2, -0.15) is 4.31 Å². The zero-order valence-corrected chi connectivity index (χ0v) is 15.9. The van der Waals surface area contributed by atoms with Gasteiger partial charge in [-0.1, -0.05) is 6.07 Å². The summed E-state index contributed by atoms with van der Waals surface area (Å²) in [6.45, 7) is 0.363. The summed E-state index contributed by atoms with van der Waals surface area (Å²) in [6, 6.07) is 11.7. The van der Waals surface area contributed by atoms with Gasteiger partial charge in [-0.15, -0.1) is 0 Å². The molecule has 1 atom stereocenters. The largest absolute Gasteiger partial charge is 0.497 e. The van der Waals surface area contributed by atoms with Crippen molar-refractivity contribution in [3.63, 3.8) is 0 Å². The highest BCUT2D eigenvalue weighted by Crippen LogP contribution is 2.46. The van der Waals surface area contributed by atoms with Crippen molar-refractivity contribution in [1.29, 1.82) is 0 Å². The molecule has 2 aliphatic heterocycles. The summed E-state index contributed by atoms with van der Waals surface area (Å²) in [5.74, 6) is 0.937. The summed E-state index contributed by atoms with van der Waals surface area (Å²) < 4.78 is 38.0. The van der Waals surface area contributed by atoms with Crippen molar-refractivity contribution in [2.75, 3.05) is 32.6 Å². The van der Waals surface area contributed by atoms with E-state index in [4.69, 9.17) is 9.47 Å². The molecular weight excluding hydrogens is 368 g/mol. The molecule has 2 aliphatic rings. The first-order valence-electron chi connectivity index (χ1n) is 8.55. The van der Waals surface area contributed by atoms with Crippen LogP contribution in [0.5, 0.6) is 11.5 Å². The zero-order valence-electron chi connectivity index (χ0n) is 15.1. The number of hydrogen-bond donors (Lipinski definition) is 1. The van der Waals surface area contributed by atoms with Gasteiger partial charge in [-0.05, 0) is 42.3 Å². The third-order valence-corrected chi connectivity index (χ3v) is 7.18. The van der Waals surface area contributed by atoms with E-state index < -0.39 is 15.4 Å². The van der Waals surface area contributed by atoms with Crippen molar-refractivity contribution < 1.29 is 22.7 Å². The maximum atomic E-state index is 13.1. The average Bonchev–Trinajstić information content (AvgIpc) is 3.25. The zero-order chi connectivity index (χ0) is 19.2. The predicted molar refractivity (Wildman–Crippen MR) is 99.7 cm³/mol. The van der Waals surface area contributed by atoms with E-state index in [2.05, 4.69) is 5.32 Å². The van der Waals surface area contributed by atoms with E-state index in [1.807, 2.05) is 6.07 Å². The number of rotatable bonds is 4. The highest BCUT2D eigenvalue weighted by Gasteiger charge is 2.53. The molecule has 27 heavy (non-hydrogen) atoms. The lowest BCUT2D eigenvalue weighted by Gasteiger charge is -2.23. The maximum absolute atomic E-state index is 13.1. The maximum Gasteiger partial charge on any atom is 0.243 e. The number of amides is 1. The van der Waals surface area contributed by atoms with Crippen LogP contribution in [0, 0.1) is 0 Å². The van der Waals surface area contributed by atoms with Gasteiger partial charge in [0.15, 0.2) is 0 Å². The van der Waals surface area contributed by atoms with E-state index in [0.29, 0.717) is 23.6 Å². The number of anilines is 1. The molecule has 2 aromatic rings. The number of carbonyl (C=O) groups is 1. The van der Waals surface area contributed by atoms with Crippen molar-refractivity contribution in [2.24, 2.45) is 0 Å². The average molecular weight is 388 g/mol. The molecule has 0 bridgehead atoms.